The second-order valence-electron chi connectivity index (χ2n) is 3.94. The summed E-state index contributed by atoms with van der Waals surface area (Å²) in [5, 5.41) is 22.5. The van der Waals surface area contributed by atoms with E-state index in [0.717, 1.165) is 0 Å². The summed E-state index contributed by atoms with van der Waals surface area (Å²) in [5.74, 6) is -0.288. The predicted molar refractivity (Wildman–Crippen MR) is 72.2 cm³/mol. The van der Waals surface area contributed by atoms with Crippen molar-refractivity contribution in [2.45, 2.75) is 19.8 Å². The van der Waals surface area contributed by atoms with E-state index in [4.69, 9.17) is 10.00 Å². The SMILES string of the molecule is CCOC(=O)CCCNc1ccc(C#N)cc1[N+](=O)[O-]. The molecule has 0 unspecified atom stereocenters. The van der Waals surface area contributed by atoms with Crippen molar-refractivity contribution in [1.29, 1.82) is 5.26 Å². The van der Waals surface area contributed by atoms with E-state index in [9.17, 15) is 14.9 Å². The maximum Gasteiger partial charge on any atom is 0.305 e. The molecule has 106 valence electrons. The molecule has 0 fully saturated rings. The molecule has 0 aliphatic heterocycles. The van der Waals surface area contributed by atoms with Crippen molar-refractivity contribution in [3.63, 3.8) is 0 Å². The van der Waals surface area contributed by atoms with Gasteiger partial charge in [0.1, 0.15) is 5.69 Å². The zero-order valence-corrected chi connectivity index (χ0v) is 11.1. The van der Waals surface area contributed by atoms with Crippen LogP contribution in [0.5, 0.6) is 0 Å². The molecular weight excluding hydrogens is 262 g/mol. The number of hydrogen-bond acceptors (Lipinski definition) is 6. The number of carbonyl (C=O) groups excluding carboxylic acids is 1. The highest BCUT2D eigenvalue weighted by Gasteiger charge is 2.14. The predicted octanol–water partition coefficient (Wildman–Crippen LogP) is 2.22. The number of hydrogen-bond donors (Lipinski definition) is 1. The molecule has 0 spiro atoms. The third-order valence-corrected chi connectivity index (χ3v) is 2.50. The van der Waals surface area contributed by atoms with Gasteiger partial charge in [0.2, 0.25) is 0 Å². The highest BCUT2D eigenvalue weighted by Crippen LogP contribution is 2.25. The molecule has 1 N–H and O–H groups in total. The Morgan fingerprint density at radius 2 is 2.30 bits per heavy atom. The Kier molecular flexibility index (Phi) is 5.97. The zero-order valence-electron chi connectivity index (χ0n) is 11.1. The van der Waals surface area contributed by atoms with Crippen molar-refractivity contribution in [1.82, 2.24) is 0 Å². The van der Waals surface area contributed by atoms with E-state index in [2.05, 4.69) is 5.32 Å². The highest BCUT2D eigenvalue weighted by molar-refractivity contribution is 5.69. The summed E-state index contributed by atoms with van der Waals surface area (Å²) in [4.78, 5) is 21.5. The average Bonchev–Trinajstić information content (AvgIpc) is 2.43. The Hall–Kier alpha value is -2.62. The van der Waals surface area contributed by atoms with Gasteiger partial charge in [-0.2, -0.15) is 5.26 Å². The minimum Gasteiger partial charge on any atom is -0.466 e. The van der Waals surface area contributed by atoms with Crippen LogP contribution < -0.4 is 5.32 Å². The van der Waals surface area contributed by atoms with Gasteiger partial charge in [-0.1, -0.05) is 0 Å². The van der Waals surface area contributed by atoms with Crippen LogP contribution in [0.3, 0.4) is 0 Å². The van der Waals surface area contributed by atoms with E-state index in [1.165, 1.54) is 18.2 Å². The van der Waals surface area contributed by atoms with E-state index in [0.29, 0.717) is 25.3 Å². The molecule has 0 heterocycles. The van der Waals surface area contributed by atoms with Gasteiger partial charge in [-0.15, -0.1) is 0 Å². The fourth-order valence-electron chi connectivity index (χ4n) is 1.59. The number of nitro groups is 1. The van der Waals surface area contributed by atoms with Crippen LogP contribution in [-0.4, -0.2) is 24.0 Å². The van der Waals surface area contributed by atoms with Crippen molar-refractivity contribution >= 4 is 17.3 Å². The molecule has 1 rings (SSSR count). The summed E-state index contributed by atoms with van der Waals surface area (Å²) in [6.45, 7) is 2.48. The van der Waals surface area contributed by atoms with Crippen molar-refractivity contribution < 1.29 is 14.5 Å². The molecule has 0 atom stereocenters. The highest BCUT2D eigenvalue weighted by atomic mass is 16.6. The molecule has 0 radical (unpaired) electrons. The fraction of sp³-hybridized carbons (Fsp3) is 0.385. The topological polar surface area (TPSA) is 105 Å². The molecule has 20 heavy (non-hydrogen) atoms. The molecule has 1 aromatic rings. The minimum atomic E-state index is -0.547. The van der Waals surface area contributed by atoms with Crippen molar-refractivity contribution in [3.8, 4) is 6.07 Å². The van der Waals surface area contributed by atoms with Gasteiger partial charge in [0.15, 0.2) is 0 Å². The summed E-state index contributed by atoms with van der Waals surface area (Å²) in [6.07, 6.45) is 0.765. The average molecular weight is 277 g/mol. The summed E-state index contributed by atoms with van der Waals surface area (Å²) >= 11 is 0. The first-order valence-corrected chi connectivity index (χ1v) is 6.16. The maximum absolute atomic E-state index is 11.1. The number of nitriles is 1. The van der Waals surface area contributed by atoms with Crippen LogP contribution in [0.25, 0.3) is 0 Å². The van der Waals surface area contributed by atoms with Crippen LogP contribution in [0.15, 0.2) is 18.2 Å². The van der Waals surface area contributed by atoms with Gasteiger partial charge in [-0.05, 0) is 25.5 Å². The molecule has 0 aliphatic rings. The maximum atomic E-state index is 11.1. The Bertz CT molecular complexity index is 537. The normalized spacial score (nSPS) is 9.60. The second-order valence-corrected chi connectivity index (χ2v) is 3.94. The van der Waals surface area contributed by atoms with Gasteiger partial charge in [-0.3, -0.25) is 14.9 Å². The summed E-state index contributed by atoms with van der Waals surface area (Å²) in [5.41, 5.74) is 0.409. The lowest BCUT2D eigenvalue weighted by molar-refractivity contribution is -0.384. The summed E-state index contributed by atoms with van der Waals surface area (Å²) in [6, 6.07) is 6.06. The van der Waals surface area contributed by atoms with Gasteiger partial charge in [-0.25, -0.2) is 0 Å². The molecule has 0 amide bonds. The zero-order chi connectivity index (χ0) is 15.0. The van der Waals surface area contributed by atoms with Crippen LogP contribution in [0.2, 0.25) is 0 Å². The van der Waals surface area contributed by atoms with Crippen LogP contribution in [0.1, 0.15) is 25.3 Å². The quantitative estimate of drug-likeness (QED) is 0.354. The van der Waals surface area contributed by atoms with Gasteiger partial charge in [0.25, 0.3) is 5.69 Å². The van der Waals surface area contributed by atoms with Gasteiger partial charge in [0.05, 0.1) is 23.2 Å². The molecule has 0 bridgehead atoms. The summed E-state index contributed by atoms with van der Waals surface area (Å²) in [7, 11) is 0. The van der Waals surface area contributed by atoms with E-state index in [1.54, 1.807) is 6.92 Å². The van der Waals surface area contributed by atoms with Gasteiger partial charge in [0, 0.05) is 19.0 Å². The van der Waals surface area contributed by atoms with E-state index in [-0.39, 0.29) is 23.6 Å². The van der Waals surface area contributed by atoms with Gasteiger partial charge >= 0.3 is 5.97 Å². The van der Waals surface area contributed by atoms with Crippen LogP contribution in [0, 0.1) is 21.4 Å². The molecule has 0 saturated carbocycles. The lowest BCUT2D eigenvalue weighted by Crippen LogP contribution is -2.09. The largest absolute Gasteiger partial charge is 0.466 e. The summed E-state index contributed by atoms with van der Waals surface area (Å²) < 4.78 is 4.78. The van der Waals surface area contributed by atoms with Crippen molar-refractivity contribution in [2.24, 2.45) is 0 Å². The number of esters is 1. The third-order valence-electron chi connectivity index (χ3n) is 2.50. The van der Waals surface area contributed by atoms with Crippen LogP contribution >= 0.6 is 0 Å². The number of nitrogens with one attached hydrogen (secondary N) is 1. The van der Waals surface area contributed by atoms with E-state index < -0.39 is 4.92 Å². The van der Waals surface area contributed by atoms with Crippen molar-refractivity contribution in [3.05, 3.63) is 33.9 Å². The number of anilines is 1. The van der Waals surface area contributed by atoms with Crippen LogP contribution in [0.4, 0.5) is 11.4 Å². The molecular formula is C13H15N3O4. The lowest BCUT2D eigenvalue weighted by Gasteiger charge is -2.07. The first-order chi connectivity index (χ1) is 9.58. The number of ether oxygens (including phenoxy) is 1. The molecule has 7 nitrogen and oxygen atoms in total. The lowest BCUT2D eigenvalue weighted by atomic mass is 10.2. The Labute approximate surface area is 116 Å². The molecule has 0 aliphatic carbocycles. The van der Waals surface area contributed by atoms with Crippen molar-refractivity contribution in [2.75, 3.05) is 18.5 Å². The monoisotopic (exact) mass is 277 g/mol. The van der Waals surface area contributed by atoms with Crippen LogP contribution in [-0.2, 0) is 9.53 Å². The Morgan fingerprint density at radius 3 is 2.90 bits per heavy atom. The van der Waals surface area contributed by atoms with E-state index >= 15 is 0 Å². The molecule has 7 heteroatoms. The minimum absolute atomic E-state index is 0.153. The molecule has 0 saturated heterocycles. The van der Waals surface area contributed by atoms with E-state index in [1.807, 2.05) is 6.07 Å². The number of nitro benzene ring substituents is 1. The Balaban J connectivity index is 2.58. The molecule has 1 aromatic carbocycles. The second kappa shape index (κ2) is 7.74. The number of rotatable bonds is 7. The smallest absolute Gasteiger partial charge is 0.305 e. The third kappa shape index (κ3) is 4.57. The number of benzene rings is 1. The first kappa shape index (κ1) is 15.4. The van der Waals surface area contributed by atoms with Gasteiger partial charge < -0.3 is 10.1 Å². The number of nitrogens with zero attached hydrogens (tertiary/aromatic N) is 2. The standard InChI is InChI=1S/C13H15N3O4/c1-2-20-13(17)4-3-7-15-11-6-5-10(9-14)8-12(11)16(18)19/h5-6,8,15H,2-4,7H2,1H3. The Morgan fingerprint density at radius 1 is 1.55 bits per heavy atom. The first-order valence-electron chi connectivity index (χ1n) is 6.16. The fourth-order valence-corrected chi connectivity index (χ4v) is 1.59. The molecule has 0 aromatic heterocycles. The number of carbonyl (C=O) groups is 1.